The Kier molecular flexibility index (Phi) is 5.26. The smallest absolute Gasteiger partial charge is 0.255 e. The monoisotopic (exact) mass is 322 g/mol. The number of anilines is 1. The first-order valence-electron chi connectivity index (χ1n) is 8.50. The number of para-hydroxylation sites is 1. The van der Waals surface area contributed by atoms with Gasteiger partial charge in [-0.1, -0.05) is 37.5 Å². The number of hydrogen-bond donors (Lipinski definition) is 2. The van der Waals surface area contributed by atoms with Crippen LogP contribution in [0.2, 0.25) is 0 Å². The number of carbonyl (C=O) groups excluding carboxylic acids is 2. The Morgan fingerprint density at radius 3 is 1.96 bits per heavy atom. The third-order valence-electron chi connectivity index (χ3n) is 4.38. The van der Waals surface area contributed by atoms with E-state index >= 15 is 0 Å². The van der Waals surface area contributed by atoms with Crippen molar-refractivity contribution in [3.05, 3.63) is 65.7 Å². The Hall–Kier alpha value is -2.62. The van der Waals surface area contributed by atoms with E-state index < -0.39 is 0 Å². The highest BCUT2D eigenvalue weighted by molar-refractivity contribution is 6.05. The minimum absolute atomic E-state index is 0.0584. The molecule has 4 heteroatoms. The van der Waals surface area contributed by atoms with Gasteiger partial charge in [-0.25, -0.2) is 0 Å². The lowest BCUT2D eigenvalue weighted by Gasteiger charge is -2.22. The van der Waals surface area contributed by atoms with Crippen molar-refractivity contribution in [1.82, 2.24) is 5.32 Å². The fourth-order valence-electron chi connectivity index (χ4n) is 3.01. The van der Waals surface area contributed by atoms with Crippen molar-refractivity contribution in [3.8, 4) is 0 Å². The first-order valence-corrected chi connectivity index (χ1v) is 8.50. The molecule has 2 N–H and O–H groups in total. The summed E-state index contributed by atoms with van der Waals surface area (Å²) in [6.45, 7) is 0. The highest BCUT2D eigenvalue weighted by Crippen LogP contribution is 2.18. The van der Waals surface area contributed by atoms with Crippen molar-refractivity contribution in [2.24, 2.45) is 0 Å². The molecule has 1 aliphatic carbocycles. The van der Waals surface area contributed by atoms with Crippen LogP contribution in [-0.4, -0.2) is 17.9 Å². The maximum Gasteiger partial charge on any atom is 0.255 e. The van der Waals surface area contributed by atoms with E-state index in [0.717, 1.165) is 18.5 Å². The minimum Gasteiger partial charge on any atom is -0.349 e. The minimum atomic E-state index is -0.180. The van der Waals surface area contributed by atoms with E-state index in [4.69, 9.17) is 0 Å². The zero-order chi connectivity index (χ0) is 16.8. The van der Waals surface area contributed by atoms with E-state index in [1.807, 2.05) is 30.3 Å². The molecule has 0 saturated heterocycles. The summed E-state index contributed by atoms with van der Waals surface area (Å²) >= 11 is 0. The Bertz CT molecular complexity index is 689. The van der Waals surface area contributed by atoms with Crippen LogP contribution in [0.1, 0.15) is 52.8 Å². The second kappa shape index (κ2) is 7.77. The molecule has 2 amide bonds. The first-order chi connectivity index (χ1) is 11.7. The molecule has 0 bridgehead atoms. The van der Waals surface area contributed by atoms with Crippen molar-refractivity contribution in [2.45, 2.75) is 38.1 Å². The van der Waals surface area contributed by atoms with Gasteiger partial charge in [-0.05, 0) is 49.2 Å². The topological polar surface area (TPSA) is 58.2 Å². The van der Waals surface area contributed by atoms with Gasteiger partial charge in [0.1, 0.15) is 0 Å². The standard InChI is InChI=1S/C20H22N2O2/c23-19(21-17-7-3-1-4-8-17)15-11-13-16(14-12-15)20(24)22-18-9-5-2-6-10-18/h1,3-4,7-8,11-14,18H,2,5-6,9-10H2,(H,21,23)(H,22,24). The van der Waals surface area contributed by atoms with Gasteiger partial charge in [0.2, 0.25) is 0 Å². The molecular weight excluding hydrogens is 300 g/mol. The van der Waals surface area contributed by atoms with Crippen LogP contribution in [0.4, 0.5) is 5.69 Å². The molecule has 1 fully saturated rings. The van der Waals surface area contributed by atoms with Gasteiger partial charge >= 0.3 is 0 Å². The van der Waals surface area contributed by atoms with Crippen molar-refractivity contribution >= 4 is 17.5 Å². The van der Waals surface area contributed by atoms with Crippen LogP contribution >= 0.6 is 0 Å². The zero-order valence-corrected chi connectivity index (χ0v) is 13.6. The number of carbonyl (C=O) groups is 2. The van der Waals surface area contributed by atoms with Crippen LogP contribution in [0, 0.1) is 0 Å². The van der Waals surface area contributed by atoms with Crippen LogP contribution in [-0.2, 0) is 0 Å². The number of rotatable bonds is 4. The summed E-state index contributed by atoms with van der Waals surface area (Å²) in [5.74, 6) is -0.239. The van der Waals surface area contributed by atoms with Gasteiger partial charge < -0.3 is 10.6 Å². The lowest BCUT2D eigenvalue weighted by atomic mass is 9.95. The van der Waals surface area contributed by atoms with E-state index in [-0.39, 0.29) is 17.9 Å². The molecule has 2 aromatic carbocycles. The van der Waals surface area contributed by atoms with E-state index in [2.05, 4.69) is 10.6 Å². The molecular formula is C20H22N2O2. The third-order valence-corrected chi connectivity index (χ3v) is 4.38. The average Bonchev–Trinajstić information content (AvgIpc) is 2.63. The molecule has 0 heterocycles. The van der Waals surface area contributed by atoms with Crippen molar-refractivity contribution in [2.75, 3.05) is 5.32 Å². The van der Waals surface area contributed by atoms with Crippen LogP contribution in [0.5, 0.6) is 0 Å². The second-order valence-electron chi connectivity index (χ2n) is 6.21. The lowest BCUT2D eigenvalue weighted by Crippen LogP contribution is -2.36. The number of amides is 2. The number of nitrogens with one attached hydrogen (secondary N) is 2. The summed E-state index contributed by atoms with van der Waals surface area (Å²) in [6.07, 6.45) is 5.75. The van der Waals surface area contributed by atoms with Gasteiger partial charge in [0.25, 0.3) is 11.8 Å². The molecule has 4 nitrogen and oxygen atoms in total. The molecule has 0 atom stereocenters. The van der Waals surface area contributed by atoms with E-state index in [1.165, 1.54) is 19.3 Å². The Morgan fingerprint density at radius 1 is 0.750 bits per heavy atom. The largest absolute Gasteiger partial charge is 0.349 e. The molecule has 3 rings (SSSR count). The SMILES string of the molecule is O=C(Nc1ccccc1)c1ccc(C(=O)NC2CCCCC2)cc1. The summed E-state index contributed by atoms with van der Waals surface area (Å²) in [7, 11) is 0. The summed E-state index contributed by atoms with van der Waals surface area (Å²) in [5.41, 5.74) is 1.88. The van der Waals surface area contributed by atoms with Crippen molar-refractivity contribution < 1.29 is 9.59 Å². The second-order valence-corrected chi connectivity index (χ2v) is 6.21. The molecule has 124 valence electrons. The summed E-state index contributed by atoms with van der Waals surface area (Å²) in [4.78, 5) is 24.5. The third kappa shape index (κ3) is 4.22. The van der Waals surface area contributed by atoms with Gasteiger partial charge in [0, 0.05) is 22.9 Å². The van der Waals surface area contributed by atoms with Crippen molar-refractivity contribution in [3.63, 3.8) is 0 Å². The Balaban J connectivity index is 1.60. The number of benzene rings is 2. The maximum atomic E-state index is 12.3. The first kappa shape index (κ1) is 16.2. The van der Waals surface area contributed by atoms with Gasteiger partial charge in [0.05, 0.1) is 0 Å². The van der Waals surface area contributed by atoms with E-state index in [0.29, 0.717) is 11.1 Å². The van der Waals surface area contributed by atoms with E-state index in [1.54, 1.807) is 24.3 Å². The van der Waals surface area contributed by atoms with Gasteiger partial charge in [-0.15, -0.1) is 0 Å². The lowest BCUT2D eigenvalue weighted by molar-refractivity contribution is 0.0926. The molecule has 0 aromatic heterocycles. The highest BCUT2D eigenvalue weighted by Gasteiger charge is 2.17. The Morgan fingerprint density at radius 2 is 1.33 bits per heavy atom. The molecule has 1 aliphatic rings. The maximum absolute atomic E-state index is 12.3. The predicted molar refractivity (Wildman–Crippen MR) is 95.2 cm³/mol. The molecule has 0 radical (unpaired) electrons. The highest BCUT2D eigenvalue weighted by atomic mass is 16.2. The normalized spacial score (nSPS) is 14.8. The molecule has 0 spiro atoms. The van der Waals surface area contributed by atoms with Gasteiger partial charge in [-0.3, -0.25) is 9.59 Å². The van der Waals surface area contributed by atoms with Crippen LogP contribution in [0.25, 0.3) is 0 Å². The summed E-state index contributed by atoms with van der Waals surface area (Å²) < 4.78 is 0. The van der Waals surface area contributed by atoms with Crippen LogP contribution in [0.3, 0.4) is 0 Å². The van der Waals surface area contributed by atoms with Gasteiger partial charge in [-0.2, -0.15) is 0 Å². The van der Waals surface area contributed by atoms with Gasteiger partial charge in [0.15, 0.2) is 0 Å². The molecule has 24 heavy (non-hydrogen) atoms. The quantitative estimate of drug-likeness (QED) is 0.894. The average molecular weight is 322 g/mol. The fraction of sp³-hybridized carbons (Fsp3) is 0.300. The molecule has 1 saturated carbocycles. The van der Waals surface area contributed by atoms with Crippen LogP contribution in [0.15, 0.2) is 54.6 Å². The zero-order valence-electron chi connectivity index (χ0n) is 13.6. The van der Waals surface area contributed by atoms with Crippen LogP contribution < -0.4 is 10.6 Å². The van der Waals surface area contributed by atoms with E-state index in [9.17, 15) is 9.59 Å². The molecule has 2 aromatic rings. The predicted octanol–water partition coefficient (Wildman–Crippen LogP) is 4.00. The Labute approximate surface area is 142 Å². The summed E-state index contributed by atoms with van der Waals surface area (Å²) in [5, 5.41) is 5.92. The summed E-state index contributed by atoms with van der Waals surface area (Å²) in [6, 6.07) is 16.4. The number of hydrogen-bond acceptors (Lipinski definition) is 2. The molecule has 0 aliphatic heterocycles. The van der Waals surface area contributed by atoms with Crippen molar-refractivity contribution in [1.29, 1.82) is 0 Å². The fourth-order valence-corrected chi connectivity index (χ4v) is 3.01. The molecule has 0 unspecified atom stereocenters.